The highest BCUT2D eigenvalue weighted by Gasteiger charge is 2.26. The van der Waals surface area contributed by atoms with Crippen LogP contribution in [0.15, 0.2) is 277 Å². The number of furan rings is 1. The molecule has 17 aromatic rings. The summed E-state index contributed by atoms with van der Waals surface area (Å²) >= 11 is 0. The maximum Gasteiger partial charge on any atom is 0.235 e. The molecule has 0 spiro atoms. The van der Waals surface area contributed by atoms with Crippen LogP contribution in [0.2, 0.25) is 0 Å². The lowest BCUT2D eigenvalue weighted by Crippen LogP contribution is -2.04. The van der Waals surface area contributed by atoms with Crippen molar-refractivity contribution in [1.82, 2.24) is 23.7 Å². The van der Waals surface area contributed by atoms with E-state index in [-0.39, 0.29) is 0 Å². The maximum absolute atomic E-state index is 6.64. The minimum atomic E-state index is 0.613. The summed E-state index contributed by atoms with van der Waals surface area (Å²) in [6.07, 6.45) is 0.918. The van der Waals surface area contributed by atoms with Gasteiger partial charge in [-0.2, -0.15) is 0 Å². The fourth-order valence-corrected chi connectivity index (χ4v) is 13.7. The van der Waals surface area contributed by atoms with Crippen molar-refractivity contribution in [2.75, 3.05) is 0 Å². The Kier molecular flexibility index (Phi) is 9.76. The highest BCUT2D eigenvalue weighted by molar-refractivity contribution is 6.20. The van der Waals surface area contributed by atoms with Crippen molar-refractivity contribution in [2.45, 2.75) is 6.42 Å². The van der Waals surface area contributed by atoms with Crippen LogP contribution in [0.5, 0.6) is 0 Å². The summed E-state index contributed by atoms with van der Waals surface area (Å²) < 4.78 is 13.8. The fourth-order valence-electron chi connectivity index (χ4n) is 13.7. The van der Waals surface area contributed by atoms with Crippen molar-refractivity contribution in [2.24, 2.45) is 0 Å². The third-order valence-electron chi connectivity index (χ3n) is 17.5. The molecule has 1 aliphatic rings. The van der Waals surface area contributed by atoms with Crippen LogP contribution in [0.3, 0.4) is 0 Å². The number of aromatic nitrogens is 5. The Balaban J connectivity index is 0.816. The van der Waals surface area contributed by atoms with E-state index in [0.717, 1.165) is 117 Å². The third-order valence-corrected chi connectivity index (χ3v) is 17.5. The Morgan fingerprint density at radius 3 is 1.40 bits per heavy atom. The zero-order valence-electron chi connectivity index (χ0n) is 44.8. The van der Waals surface area contributed by atoms with Gasteiger partial charge in [-0.05, 0) is 142 Å². The molecule has 12 aromatic carbocycles. The average Bonchev–Trinajstić information content (AvgIpc) is 3.11. The van der Waals surface area contributed by atoms with Gasteiger partial charge in [0.25, 0.3) is 0 Å². The topological polar surface area (TPSA) is 53.7 Å². The van der Waals surface area contributed by atoms with Crippen LogP contribution >= 0.6 is 0 Å². The van der Waals surface area contributed by atoms with E-state index in [1.807, 2.05) is 12.1 Å². The Hall–Kier alpha value is -11.1. The molecule has 0 atom stereocenters. The highest BCUT2D eigenvalue weighted by Crippen LogP contribution is 2.47. The Bertz CT molecular complexity index is 5460. The molecule has 0 fully saturated rings. The largest absolute Gasteiger partial charge is 0.456 e. The molecule has 6 nitrogen and oxygen atoms in total. The number of hydrogen-bond acceptors (Lipinski definition) is 3. The molecule has 0 saturated heterocycles. The van der Waals surface area contributed by atoms with Gasteiger partial charge in [-0.25, -0.2) is 9.97 Å². The second kappa shape index (κ2) is 17.7. The summed E-state index contributed by atoms with van der Waals surface area (Å²) in [5.74, 6) is 0.613. The number of benzene rings is 12. The third kappa shape index (κ3) is 6.97. The van der Waals surface area contributed by atoms with E-state index < -0.39 is 0 Å². The van der Waals surface area contributed by atoms with Crippen molar-refractivity contribution in [1.29, 1.82) is 0 Å². The van der Waals surface area contributed by atoms with E-state index in [1.165, 1.54) is 55.1 Å². The van der Waals surface area contributed by atoms with Crippen molar-refractivity contribution < 1.29 is 4.42 Å². The summed E-state index contributed by atoms with van der Waals surface area (Å²) in [5.41, 5.74) is 24.6. The lowest BCUT2D eigenvalue weighted by molar-refractivity contribution is 0.669. The Morgan fingerprint density at radius 1 is 0.289 bits per heavy atom. The van der Waals surface area contributed by atoms with Crippen LogP contribution < -0.4 is 0 Å². The van der Waals surface area contributed by atoms with Gasteiger partial charge in [0.1, 0.15) is 11.2 Å². The van der Waals surface area contributed by atoms with Crippen LogP contribution in [-0.2, 0) is 6.42 Å². The van der Waals surface area contributed by atoms with E-state index >= 15 is 0 Å². The van der Waals surface area contributed by atoms with E-state index in [0.29, 0.717) is 5.95 Å². The van der Waals surface area contributed by atoms with E-state index in [2.05, 4.69) is 275 Å². The number of para-hydroxylation sites is 3. The number of fused-ring (bicyclic) bond motifs is 16. The predicted octanol–water partition coefficient (Wildman–Crippen LogP) is 19.9. The summed E-state index contributed by atoms with van der Waals surface area (Å²) in [6.45, 7) is 0. The van der Waals surface area contributed by atoms with Crippen LogP contribution in [0.4, 0.5) is 0 Å². The molecule has 5 heterocycles. The second-order valence-electron chi connectivity index (χ2n) is 22.1. The molecule has 0 bridgehead atoms. The maximum atomic E-state index is 6.64. The zero-order valence-corrected chi connectivity index (χ0v) is 44.8. The molecule has 386 valence electrons. The fraction of sp³-hybridized carbons (Fsp3) is 0.0130. The molecule has 0 saturated carbocycles. The average molecular weight is 1060 g/mol. The molecule has 18 rings (SSSR count). The Labute approximate surface area is 476 Å². The summed E-state index contributed by atoms with van der Waals surface area (Å²) in [5, 5.41) is 9.24. The molecule has 0 unspecified atom stereocenters. The van der Waals surface area contributed by atoms with Gasteiger partial charge in [-0.15, -0.1) is 0 Å². The number of hydrogen-bond donors (Lipinski definition) is 0. The first-order valence-electron chi connectivity index (χ1n) is 28.4. The molecule has 0 amide bonds. The van der Waals surface area contributed by atoms with E-state index in [4.69, 9.17) is 14.4 Å². The van der Waals surface area contributed by atoms with Crippen LogP contribution in [0, 0.1) is 0 Å². The van der Waals surface area contributed by atoms with Gasteiger partial charge in [0.2, 0.25) is 5.95 Å². The first kappa shape index (κ1) is 45.7. The van der Waals surface area contributed by atoms with Crippen LogP contribution in [0.25, 0.3) is 161 Å². The lowest BCUT2D eigenvalue weighted by atomic mass is 9.98. The normalized spacial score (nSPS) is 12.3. The molecule has 1 aliphatic carbocycles. The van der Waals surface area contributed by atoms with E-state index in [9.17, 15) is 0 Å². The predicted molar refractivity (Wildman–Crippen MR) is 342 cm³/mol. The molecule has 6 heteroatoms. The molecule has 0 aliphatic heterocycles. The first-order valence-corrected chi connectivity index (χ1v) is 28.4. The summed E-state index contributed by atoms with van der Waals surface area (Å²) in [6, 6.07) is 98.7. The van der Waals surface area contributed by atoms with Crippen LogP contribution in [-0.4, -0.2) is 23.7 Å². The SMILES string of the molecule is c1ccc(-c2cc(-c3ccccc3)nc(-n3c4ccc(-c5ccc6oc7ccc(-c8ccc9c(c8)c8ccc%10c(c8n9-c8ccccc8)Cc8ccccc8-%10)cc7c6c5)cc4c4cc5c(cc43)c3ccccc3n5-c3ccccc3)n2)cc1. The van der Waals surface area contributed by atoms with Gasteiger partial charge in [0.05, 0.1) is 44.5 Å². The van der Waals surface area contributed by atoms with Gasteiger partial charge in [-0.1, -0.05) is 176 Å². The Morgan fingerprint density at radius 2 is 0.759 bits per heavy atom. The summed E-state index contributed by atoms with van der Waals surface area (Å²) in [4.78, 5) is 10.9. The van der Waals surface area contributed by atoms with Gasteiger partial charge in [-0.3, -0.25) is 4.57 Å². The molecule has 0 radical (unpaired) electrons. The summed E-state index contributed by atoms with van der Waals surface area (Å²) in [7, 11) is 0. The van der Waals surface area contributed by atoms with E-state index in [1.54, 1.807) is 0 Å². The first-order chi connectivity index (χ1) is 41.1. The molecular weight excluding hydrogens is 1010 g/mol. The monoisotopic (exact) mass is 1060 g/mol. The molecule has 83 heavy (non-hydrogen) atoms. The van der Waals surface area contributed by atoms with Crippen LogP contribution in [0.1, 0.15) is 11.1 Å². The van der Waals surface area contributed by atoms with Crippen molar-refractivity contribution in [3.05, 3.63) is 284 Å². The zero-order chi connectivity index (χ0) is 54.3. The van der Waals surface area contributed by atoms with Gasteiger partial charge >= 0.3 is 0 Å². The van der Waals surface area contributed by atoms with Gasteiger partial charge in [0, 0.05) is 72.0 Å². The molecule has 0 N–H and O–H groups in total. The molecular formula is C77H47N5O. The minimum absolute atomic E-state index is 0.613. The van der Waals surface area contributed by atoms with Crippen molar-refractivity contribution in [3.8, 4) is 73.2 Å². The van der Waals surface area contributed by atoms with Crippen molar-refractivity contribution in [3.63, 3.8) is 0 Å². The highest BCUT2D eigenvalue weighted by atomic mass is 16.3. The molecule has 5 aromatic heterocycles. The number of nitrogens with zero attached hydrogens (tertiary/aromatic N) is 5. The van der Waals surface area contributed by atoms with Gasteiger partial charge < -0.3 is 13.6 Å². The standard InChI is InChI=1S/C77H47N5O/c1-5-17-47(18-6-1)67-46-68(48-19-7-2-8-20-48)79-77(78-67)82-71-36-30-50(40-61(71)63-45-72-62(44-73(63)82)58-27-15-16-28-69(58)80(72)54-22-9-3-10-23-54)52-32-38-75-65(42-52)64-41-51(31-37-74(64)83-75)49-29-35-70-60(39-49)59-34-33-57-56-26-14-13-21-53(56)43-66(57)76(59)81(70)55-24-11-4-12-25-55/h1-42,44-46H,43H2. The smallest absolute Gasteiger partial charge is 0.235 e. The lowest BCUT2D eigenvalue weighted by Gasteiger charge is -2.12. The minimum Gasteiger partial charge on any atom is -0.456 e. The van der Waals surface area contributed by atoms with Crippen molar-refractivity contribution >= 4 is 87.4 Å². The quantitative estimate of drug-likeness (QED) is 0.160. The number of rotatable bonds is 7. The second-order valence-corrected chi connectivity index (χ2v) is 22.1. The van der Waals surface area contributed by atoms with Gasteiger partial charge in [0.15, 0.2) is 0 Å².